The van der Waals surface area contributed by atoms with E-state index in [0.29, 0.717) is 5.69 Å². The fourth-order valence-electron chi connectivity index (χ4n) is 2.18. The van der Waals surface area contributed by atoms with E-state index in [0.717, 1.165) is 23.1 Å². The minimum Gasteiger partial charge on any atom is -0.399 e. The molecule has 0 aliphatic rings. The van der Waals surface area contributed by atoms with Crippen LogP contribution >= 0.6 is 0 Å². The Hall–Kier alpha value is -1.85. The molecular weight excluding hydrogens is 296 g/mol. The molecule has 1 atom stereocenters. The lowest BCUT2D eigenvalue weighted by Gasteiger charge is -2.13. The van der Waals surface area contributed by atoms with E-state index in [2.05, 4.69) is 4.72 Å². The third kappa shape index (κ3) is 3.67. The van der Waals surface area contributed by atoms with Gasteiger partial charge in [-0.15, -0.1) is 0 Å². The first kappa shape index (κ1) is 16.5. The monoisotopic (exact) mass is 318 g/mol. The van der Waals surface area contributed by atoms with Crippen LogP contribution in [0.2, 0.25) is 0 Å². The summed E-state index contributed by atoms with van der Waals surface area (Å²) in [7, 11) is -3.46. The third-order valence-electron chi connectivity index (χ3n) is 3.71. The molecule has 0 amide bonds. The van der Waals surface area contributed by atoms with Crippen LogP contribution in [0.1, 0.15) is 25.8 Å². The summed E-state index contributed by atoms with van der Waals surface area (Å²) in [6.07, 6.45) is 0.750. The molecule has 2 aromatic carbocycles. The Morgan fingerprint density at radius 3 is 2.36 bits per heavy atom. The topological polar surface area (TPSA) is 72.2 Å². The van der Waals surface area contributed by atoms with Crippen LogP contribution in [0.15, 0.2) is 47.4 Å². The molecule has 0 heterocycles. The summed E-state index contributed by atoms with van der Waals surface area (Å²) in [5.41, 5.74) is 9.58. The molecule has 5 heteroatoms. The van der Waals surface area contributed by atoms with Crippen molar-refractivity contribution in [3.63, 3.8) is 0 Å². The summed E-state index contributed by atoms with van der Waals surface area (Å²) in [6, 6.07) is 12.5. The van der Waals surface area contributed by atoms with E-state index in [4.69, 9.17) is 5.73 Å². The Morgan fingerprint density at radius 2 is 1.77 bits per heavy atom. The van der Waals surface area contributed by atoms with Gasteiger partial charge in [-0.1, -0.05) is 25.1 Å². The first-order valence-corrected chi connectivity index (χ1v) is 8.80. The molecule has 22 heavy (non-hydrogen) atoms. The lowest BCUT2D eigenvalue weighted by atomic mass is 10.0. The van der Waals surface area contributed by atoms with Crippen LogP contribution in [0.3, 0.4) is 0 Å². The smallest absolute Gasteiger partial charge is 0.240 e. The molecule has 0 radical (unpaired) electrons. The van der Waals surface area contributed by atoms with Crippen LogP contribution < -0.4 is 10.5 Å². The molecule has 0 saturated carbocycles. The summed E-state index contributed by atoms with van der Waals surface area (Å²) in [5.74, 6) is 0. The fraction of sp³-hybridized carbons (Fsp3) is 0.294. The lowest BCUT2D eigenvalue weighted by molar-refractivity contribution is 0.556. The number of nitrogen functional groups attached to an aromatic ring is 1. The summed E-state index contributed by atoms with van der Waals surface area (Å²) in [4.78, 5) is 0.276. The van der Waals surface area contributed by atoms with Crippen molar-refractivity contribution in [1.82, 2.24) is 4.72 Å². The van der Waals surface area contributed by atoms with Crippen LogP contribution in [-0.2, 0) is 10.0 Å². The van der Waals surface area contributed by atoms with Gasteiger partial charge in [0.15, 0.2) is 0 Å². The largest absolute Gasteiger partial charge is 0.399 e. The maximum atomic E-state index is 12.2. The van der Waals surface area contributed by atoms with Crippen molar-refractivity contribution < 1.29 is 8.42 Å². The van der Waals surface area contributed by atoms with Gasteiger partial charge in [0.2, 0.25) is 10.0 Å². The Kier molecular flexibility index (Phi) is 4.88. The minimum absolute atomic E-state index is 0.0826. The molecule has 0 aliphatic heterocycles. The van der Waals surface area contributed by atoms with E-state index < -0.39 is 10.0 Å². The highest BCUT2D eigenvalue weighted by Crippen LogP contribution is 2.26. The Bertz CT molecular complexity index is 753. The van der Waals surface area contributed by atoms with Gasteiger partial charge in [0.25, 0.3) is 0 Å². The van der Waals surface area contributed by atoms with Crippen LogP contribution in [-0.4, -0.2) is 14.5 Å². The highest BCUT2D eigenvalue weighted by molar-refractivity contribution is 7.89. The molecule has 2 aromatic rings. The summed E-state index contributed by atoms with van der Waals surface area (Å²) < 4.78 is 27.1. The Balaban J connectivity index is 2.33. The maximum absolute atomic E-state index is 12.2. The summed E-state index contributed by atoms with van der Waals surface area (Å²) in [6.45, 7) is 5.80. The second-order valence-corrected chi connectivity index (χ2v) is 7.24. The Labute approximate surface area is 132 Å². The van der Waals surface area contributed by atoms with Crippen molar-refractivity contribution >= 4 is 15.7 Å². The predicted octanol–water partition coefficient (Wildman–Crippen LogP) is 3.32. The van der Waals surface area contributed by atoms with E-state index in [9.17, 15) is 8.42 Å². The molecule has 2 rings (SSSR count). The highest BCUT2D eigenvalue weighted by atomic mass is 32.2. The molecule has 1 unspecified atom stereocenters. The van der Waals surface area contributed by atoms with Gasteiger partial charge in [-0.3, -0.25) is 0 Å². The number of nitrogens with two attached hydrogens (primary N) is 1. The second-order valence-electron chi connectivity index (χ2n) is 5.53. The van der Waals surface area contributed by atoms with Gasteiger partial charge in [0, 0.05) is 11.7 Å². The molecule has 0 spiro atoms. The molecule has 0 aliphatic carbocycles. The van der Waals surface area contributed by atoms with Gasteiger partial charge >= 0.3 is 0 Å². The quantitative estimate of drug-likeness (QED) is 0.831. The van der Waals surface area contributed by atoms with Crippen molar-refractivity contribution in [2.75, 3.05) is 5.73 Å². The fourth-order valence-corrected chi connectivity index (χ4v) is 3.51. The van der Waals surface area contributed by atoms with Crippen LogP contribution in [0.25, 0.3) is 11.1 Å². The van der Waals surface area contributed by atoms with E-state index >= 15 is 0 Å². The van der Waals surface area contributed by atoms with Crippen LogP contribution in [0.5, 0.6) is 0 Å². The number of nitrogens with one attached hydrogen (secondary N) is 1. The number of anilines is 1. The number of hydrogen-bond donors (Lipinski definition) is 2. The SMILES string of the molecule is CCC(C)NS(=O)(=O)c1ccc(-c2cc(N)ccc2C)cc1. The number of rotatable bonds is 5. The molecule has 118 valence electrons. The number of benzene rings is 2. The highest BCUT2D eigenvalue weighted by Gasteiger charge is 2.16. The molecule has 4 nitrogen and oxygen atoms in total. The first-order chi connectivity index (χ1) is 10.3. The van der Waals surface area contributed by atoms with Gasteiger partial charge in [-0.25, -0.2) is 13.1 Å². The molecular formula is C17H22N2O2S. The van der Waals surface area contributed by atoms with Gasteiger partial charge in [0.1, 0.15) is 0 Å². The normalized spacial score (nSPS) is 13.0. The van der Waals surface area contributed by atoms with Crippen molar-refractivity contribution in [3.05, 3.63) is 48.0 Å². The Morgan fingerprint density at radius 1 is 1.14 bits per heavy atom. The standard InChI is InChI=1S/C17H22N2O2S/c1-4-13(3)19-22(20,21)16-9-6-14(7-10-16)17-11-15(18)8-5-12(17)2/h5-11,13,19H,4,18H2,1-3H3. The average Bonchev–Trinajstić information content (AvgIpc) is 2.49. The van der Waals surface area contributed by atoms with Crippen LogP contribution in [0.4, 0.5) is 5.69 Å². The number of hydrogen-bond acceptors (Lipinski definition) is 3. The number of sulfonamides is 1. The summed E-state index contributed by atoms with van der Waals surface area (Å²) >= 11 is 0. The van der Waals surface area contributed by atoms with Crippen molar-refractivity contribution in [2.24, 2.45) is 0 Å². The van der Waals surface area contributed by atoms with Crippen LogP contribution in [0, 0.1) is 6.92 Å². The zero-order valence-electron chi connectivity index (χ0n) is 13.1. The van der Waals surface area contributed by atoms with Crippen molar-refractivity contribution in [2.45, 2.75) is 38.1 Å². The lowest BCUT2D eigenvalue weighted by Crippen LogP contribution is -2.31. The maximum Gasteiger partial charge on any atom is 0.240 e. The molecule has 0 fully saturated rings. The van der Waals surface area contributed by atoms with Crippen molar-refractivity contribution in [3.8, 4) is 11.1 Å². The number of aryl methyl sites for hydroxylation is 1. The minimum atomic E-state index is -3.46. The summed E-state index contributed by atoms with van der Waals surface area (Å²) in [5, 5.41) is 0. The molecule has 0 bridgehead atoms. The van der Waals surface area contributed by atoms with Gasteiger partial charge in [-0.2, -0.15) is 0 Å². The average molecular weight is 318 g/mol. The first-order valence-electron chi connectivity index (χ1n) is 7.32. The predicted molar refractivity (Wildman–Crippen MR) is 91.1 cm³/mol. The van der Waals surface area contributed by atoms with E-state index in [1.54, 1.807) is 12.1 Å². The third-order valence-corrected chi connectivity index (χ3v) is 5.31. The van der Waals surface area contributed by atoms with E-state index in [1.165, 1.54) is 0 Å². The molecule has 0 saturated heterocycles. The van der Waals surface area contributed by atoms with E-state index in [1.807, 2.05) is 51.1 Å². The van der Waals surface area contributed by atoms with Gasteiger partial charge in [0.05, 0.1) is 4.90 Å². The second kappa shape index (κ2) is 6.50. The molecule has 3 N–H and O–H groups in total. The van der Waals surface area contributed by atoms with Crippen molar-refractivity contribution in [1.29, 1.82) is 0 Å². The zero-order chi connectivity index (χ0) is 16.3. The molecule has 0 aromatic heterocycles. The zero-order valence-corrected chi connectivity index (χ0v) is 13.9. The van der Waals surface area contributed by atoms with Gasteiger partial charge < -0.3 is 5.73 Å². The van der Waals surface area contributed by atoms with Gasteiger partial charge in [-0.05, 0) is 61.2 Å². The van der Waals surface area contributed by atoms with E-state index in [-0.39, 0.29) is 10.9 Å².